The van der Waals surface area contributed by atoms with Crippen molar-refractivity contribution in [2.24, 2.45) is 11.8 Å². The average molecular weight is 336 g/mol. The summed E-state index contributed by atoms with van der Waals surface area (Å²) in [6.07, 6.45) is -10.1. The van der Waals surface area contributed by atoms with Gasteiger partial charge in [0.25, 0.3) is 0 Å². The van der Waals surface area contributed by atoms with Gasteiger partial charge in [-0.15, -0.1) is 0 Å². The molecule has 1 rings (SSSR count). The number of amides is 2. The highest BCUT2D eigenvalue weighted by atomic mass is 19.4. The van der Waals surface area contributed by atoms with Gasteiger partial charge in [-0.3, -0.25) is 4.79 Å². The molecule has 0 radical (unpaired) electrons. The van der Waals surface area contributed by atoms with Crippen LogP contribution in [0.25, 0.3) is 0 Å². The molecule has 2 N–H and O–H groups in total. The Morgan fingerprint density at radius 3 is 2.09 bits per heavy atom. The Morgan fingerprint density at radius 1 is 1.23 bits per heavy atom. The Balaban J connectivity index is 2.82. The predicted molar refractivity (Wildman–Crippen MR) is 60.9 cm³/mol. The molecule has 5 nitrogen and oxygen atoms in total. The van der Waals surface area contributed by atoms with Crippen molar-refractivity contribution < 1.29 is 41.0 Å². The van der Waals surface area contributed by atoms with E-state index in [1.165, 1.54) is 0 Å². The average Bonchev–Trinajstić information content (AvgIpc) is 2.79. The van der Waals surface area contributed by atoms with E-state index in [4.69, 9.17) is 5.11 Å². The first-order valence-electron chi connectivity index (χ1n) is 6.29. The zero-order chi connectivity index (χ0) is 17.3. The number of hydrogen-bond donors (Lipinski definition) is 2. The van der Waals surface area contributed by atoms with Crippen molar-refractivity contribution in [1.82, 2.24) is 10.2 Å². The summed E-state index contributed by atoms with van der Waals surface area (Å²) >= 11 is 0. The fourth-order valence-electron chi connectivity index (χ4n) is 2.21. The minimum Gasteiger partial charge on any atom is -0.481 e. The Labute approximate surface area is 121 Å². The quantitative estimate of drug-likeness (QED) is 0.777. The highest BCUT2D eigenvalue weighted by molar-refractivity contribution is 5.78. The highest BCUT2D eigenvalue weighted by Gasteiger charge is 2.54. The van der Waals surface area contributed by atoms with Crippen molar-refractivity contribution in [3.05, 3.63) is 0 Å². The van der Waals surface area contributed by atoms with Gasteiger partial charge in [-0.1, -0.05) is 6.92 Å². The fourth-order valence-corrected chi connectivity index (χ4v) is 2.21. The van der Waals surface area contributed by atoms with Gasteiger partial charge in [0.05, 0.1) is 11.8 Å². The minimum absolute atomic E-state index is 0.450. The second-order valence-corrected chi connectivity index (χ2v) is 4.95. The molecule has 0 unspecified atom stereocenters. The van der Waals surface area contributed by atoms with Crippen LogP contribution in [0.1, 0.15) is 13.3 Å². The predicted octanol–water partition coefficient (Wildman–Crippen LogP) is 2.23. The SMILES string of the molecule is CC[C@H](NC(=O)N1C[C@@H](C(F)(F)F)[C@H](C(=O)O)C1)C(F)(F)F. The number of aliphatic carboxylic acids is 1. The standard InChI is InChI=1S/C11H14F6N2O3/c1-2-7(11(15,16)17)18-9(22)19-3-5(8(20)21)6(4-19)10(12,13)14/h5-7H,2-4H2,1H3,(H,18,22)(H,20,21)/t5-,6-,7+/m1/s1. The largest absolute Gasteiger partial charge is 0.481 e. The van der Waals surface area contributed by atoms with Crippen LogP contribution in [0.15, 0.2) is 0 Å². The number of alkyl halides is 6. The zero-order valence-corrected chi connectivity index (χ0v) is 11.3. The number of nitrogens with zero attached hydrogens (tertiary/aromatic N) is 1. The maximum Gasteiger partial charge on any atom is 0.408 e. The molecule has 11 heteroatoms. The van der Waals surface area contributed by atoms with Crippen molar-refractivity contribution in [2.75, 3.05) is 13.1 Å². The Hall–Kier alpha value is -1.68. The molecular weight excluding hydrogens is 322 g/mol. The first-order valence-corrected chi connectivity index (χ1v) is 6.29. The number of hydrogen-bond acceptors (Lipinski definition) is 2. The van der Waals surface area contributed by atoms with Gasteiger partial charge < -0.3 is 15.3 Å². The molecule has 0 spiro atoms. The maximum absolute atomic E-state index is 12.7. The van der Waals surface area contributed by atoms with E-state index in [2.05, 4.69) is 0 Å². The van der Waals surface area contributed by atoms with Crippen LogP contribution in [0.3, 0.4) is 0 Å². The Morgan fingerprint density at radius 2 is 1.77 bits per heavy atom. The normalized spacial score (nSPS) is 24.2. The number of urea groups is 1. The van der Waals surface area contributed by atoms with Gasteiger partial charge in [0, 0.05) is 13.1 Å². The van der Waals surface area contributed by atoms with E-state index in [1.54, 1.807) is 5.32 Å². The van der Waals surface area contributed by atoms with Gasteiger partial charge in [0.1, 0.15) is 6.04 Å². The summed E-state index contributed by atoms with van der Waals surface area (Å²) in [4.78, 5) is 22.9. The summed E-state index contributed by atoms with van der Waals surface area (Å²) in [5.74, 6) is -5.95. The van der Waals surface area contributed by atoms with E-state index >= 15 is 0 Å². The van der Waals surface area contributed by atoms with E-state index in [0.29, 0.717) is 4.90 Å². The molecule has 1 heterocycles. The molecule has 3 atom stereocenters. The first-order chi connectivity index (χ1) is 9.87. The van der Waals surface area contributed by atoms with E-state index < -0.39 is 61.7 Å². The van der Waals surface area contributed by atoms with E-state index in [1.807, 2.05) is 0 Å². The van der Waals surface area contributed by atoms with Crippen LogP contribution in [0.5, 0.6) is 0 Å². The second-order valence-electron chi connectivity index (χ2n) is 4.95. The van der Waals surface area contributed by atoms with Crippen LogP contribution in [0.4, 0.5) is 31.1 Å². The highest BCUT2D eigenvalue weighted by Crippen LogP contribution is 2.37. The molecule has 1 aliphatic rings. The molecule has 22 heavy (non-hydrogen) atoms. The van der Waals surface area contributed by atoms with Gasteiger partial charge in [-0.2, -0.15) is 26.3 Å². The molecule has 1 aliphatic heterocycles. The van der Waals surface area contributed by atoms with E-state index in [-0.39, 0.29) is 0 Å². The van der Waals surface area contributed by atoms with E-state index in [9.17, 15) is 35.9 Å². The summed E-state index contributed by atoms with van der Waals surface area (Å²) in [5, 5.41) is 10.3. The zero-order valence-electron chi connectivity index (χ0n) is 11.3. The maximum atomic E-state index is 12.7. The summed E-state index contributed by atoms with van der Waals surface area (Å²) in [6.45, 7) is -0.624. The third-order valence-electron chi connectivity index (χ3n) is 3.45. The number of carbonyl (C=O) groups is 2. The lowest BCUT2D eigenvalue weighted by Gasteiger charge is -2.24. The van der Waals surface area contributed by atoms with Crippen LogP contribution < -0.4 is 5.32 Å². The number of nitrogens with one attached hydrogen (secondary N) is 1. The van der Waals surface area contributed by atoms with Gasteiger partial charge >= 0.3 is 24.4 Å². The number of rotatable bonds is 3. The minimum atomic E-state index is -4.85. The number of carboxylic acid groups (broad SMARTS) is 1. The lowest BCUT2D eigenvalue weighted by Crippen LogP contribution is -2.50. The lowest BCUT2D eigenvalue weighted by atomic mass is 9.96. The monoisotopic (exact) mass is 336 g/mol. The van der Waals surface area contributed by atoms with Crippen molar-refractivity contribution in [2.45, 2.75) is 31.7 Å². The first kappa shape index (κ1) is 18.4. The van der Waals surface area contributed by atoms with Crippen LogP contribution in [0.2, 0.25) is 0 Å². The van der Waals surface area contributed by atoms with Crippen LogP contribution in [-0.4, -0.2) is 53.5 Å². The van der Waals surface area contributed by atoms with Gasteiger partial charge in [0.2, 0.25) is 0 Å². The van der Waals surface area contributed by atoms with Gasteiger partial charge in [-0.25, -0.2) is 4.79 Å². The molecular formula is C11H14F6N2O3. The van der Waals surface area contributed by atoms with Gasteiger partial charge in [0.15, 0.2) is 0 Å². The van der Waals surface area contributed by atoms with Crippen molar-refractivity contribution in [1.29, 1.82) is 0 Å². The van der Waals surface area contributed by atoms with E-state index in [0.717, 1.165) is 6.92 Å². The molecule has 0 aromatic carbocycles. The number of halogens is 6. The molecule has 1 saturated heterocycles. The molecule has 128 valence electrons. The van der Waals surface area contributed by atoms with Gasteiger partial charge in [-0.05, 0) is 6.42 Å². The molecule has 0 aromatic heterocycles. The van der Waals surface area contributed by atoms with Crippen LogP contribution >= 0.6 is 0 Å². The van der Waals surface area contributed by atoms with Crippen molar-refractivity contribution in [3.8, 4) is 0 Å². The molecule has 2 amide bonds. The second kappa shape index (κ2) is 6.21. The van der Waals surface area contributed by atoms with Crippen molar-refractivity contribution in [3.63, 3.8) is 0 Å². The smallest absolute Gasteiger partial charge is 0.408 e. The van der Waals surface area contributed by atoms with Crippen molar-refractivity contribution >= 4 is 12.0 Å². The summed E-state index contributed by atoms with van der Waals surface area (Å²) < 4.78 is 75.8. The van der Waals surface area contributed by atoms with Crippen LogP contribution in [0, 0.1) is 11.8 Å². The molecule has 1 fully saturated rings. The summed E-state index contributed by atoms with van der Waals surface area (Å²) in [7, 11) is 0. The molecule has 0 saturated carbocycles. The number of likely N-dealkylation sites (tertiary alicyclic amines) is 1. The summed E-state index contributed by atoms with van der Waals surface area (Å²) in [5.41, 5.74) is 0. The molecule has 0 aliphatic carbocycles. The summed E-state index contributed by atoms with van der Waals surface area (Å²) in [6, 6.07) is -3.56. The fraction of sp³-hybridized carbons (Fsp3) is 0.818. The topological polar surface area (TPSA) is 69.6 Å². The Bertz CT molecular complexity index is 437. The van der Waals surface area contributed by atoms with Crippen LogP contribution in [-0.2, 0) is 4.79 Å². The number of carbonyl (C=O) groups excluding carboxylic acids is 1. The Kier molecular flexibility index (Phi) is 5.18. The number of carboxylic acids is 1. The third-order valence-corrected chi connectivity index (χ3v) is 3.45. The third kappa shape index (κ3) is 4.17. The molecule has 0 aromatic rings. The molecule has 0 bridgehead atoms. The lowest BCUT2D eigenvalue weighted by molar-refractivity contribution is -0.187.